The average Bonchev–Trinajstić information content (AvgIpc) is 2.79. The van der Waals surface area contributed by atoms with Crippen molar-refractivity contribution < 1.29 is 14.8 Å². The Labute approximate surface area is 102 Å². The monoisotopic (exact) mass is 259 g/mol. The lowest BCUT2D eigenvalue weighted by Crippen LogP contribution is -2.49. The molecule has 0 saturated carbocycles. The van der Waals surface area contributed by atoms with Crippen LogP contribution in [0.1, 0.15) is 6.92 Å². The first kappa shape index (κ1) is 12.2. The number of thiazole rings is 1. The van der Waals surface area contributed by atoms with Crippen molar-refractivity contribution in [2.45, 2.75) is 19.1 Å². The Bertz CT molecular complexity index is 411. The molecule has 2 unspecified atom stereocenters. The number of ether oxygens (including phenoxy) is 1. The molecule has 2 heterocycles. The van der Waals surface area contributed by atoms with E-state index in [4.69, 9.17) is 9.84 Å². The zero-order valence-electron chi connectivity index (χ0n) is 9.28. The zero-order valence-corrected chi connectivity index (χ0v) is 10.1. The van der Waals surface area contributed by atoms with Crippen LogP contribution < -0.4 is 4.90 Å². The van der Waals surface area contributed by atoms with Crippen molar-refractivity contribution in [1.29, 1.82) is 0 Å². The molecule has 0 spiro atoms. The number of nitrogens with zero attached hydrogens (tertiary/aromatic N) is 3. The van der Waals surface area contributed by atoms with E-state index in [1.54, 1.807) is 0 Å². The second kappa shape index (κ2) is 4.94. The minimum Gasteiger partial charge on any atom is -0.394 e. The van der Waals surface area contributed by atoms with Gasteiger partial charge in [0.25, 0.3) is 0 Å². The third kappa shape index (κ3) is 2.54. The van der Waals surface area contributed by atoms with Gasteiger partial charge in [0.15, 0.2) is 5.13 Å². The summed E-state index contributed by atoms with van der Waals surface area (Å²) in [6.07, 6.45) is 1.00. The largest absolute Gasteiger partial charge is 0.394 e. The summed E-state index contributed by atoms with van der Waals surface area (Å²) in [6, 6.07) is 0.101. The maximum atomic E-state index is 10.6. The molecule has 0 radical (unpaired) electrons. The SMILES string of the molecule is CC1COC(CO)CN1c1ncc([N+](=O)[O-])s1. The van der Waals surface area contributed by atoms with Gasteiger partial charge in [-0.1, -0.05) is 0 Å². The summed E-state index contributed by atoms with van der Waals surface area (Å²) in [4.78, 5) is 16.1. The maximum absolute atomic E-state index is 10.6. The van der Waals surface area contributed by atoms with Gasteiger partial charge in [-0.3, -0.25) is 10.1 Å². The Morgan fingerprint density at radius 2 is 2.59 bits per heavy atom. The van der Waals surface area contributed by atoms with Crippen molar-refractivity contribution in [2.75, 3.05) is 24.7 Å². The van der Waals surface area contributed by atoms with Gasteiger partial charge in [0.05, 0.1) is 30.3 Å². The van der Waals surface area contributed by atoms with Crippen molar-refractivity contribution in [3.8, 4) is 0 Å². The van der Waals surface area contributed by atoms with Crippen LogP contribution in [0, 0.1) is 10.1 Å². The van der Waals surface area contributed by atoms with Crippen LogP contribution in [0.5, 0.6) is 0 Å². The number of morpholine rings is 1. The summed E-state index contributed by atoms with van der Waals surface area (Å²) < 4.78 is 5.40. The molecule has 2 rings (SSSR count). The molecule has 0 bridgehead atoms. The highest BCUT2D eigenvalue weighted by atomic mass is 32.1. The predicted molar refractivity (Wildman–Crippen MR) is 62.4 cm³/mol. The summed E-state index contributed by atoms with van der Waals surface area (Å²) in [5.41, 5.74) is 0. The van der Waals surface area contributed by atoms with E-state index in [9.17, 15) is 10.1 Å². The zero-order chi connectivity index (χ0) is 12.4. The Hall–Kier alpha value is -1.25. The van der Waals surface area contributed by atoms with Crippen LogP contribution in [-0.4, -0.2) is 46.9 Å². The summed E-state index contributed by atoms with van der Waals surface area (Å²) in [5.74, 6) is 0. The van der Waals surface area contributed by atoms with Gasteiger partial charge in [0.2, 0.25) is 0 Å². The first-order chi connectivity index (χ1) is 8.11. The van der Waals surface area contributed by atoms with Crippen LogP contribution >= 0.6 is 11.3 Å². The van der Waals surface area contributed by atoms with Gasteiger partial charge in [-0.2, -0.15) is 0 Å². The van der Waals surface area contributed by atoms with Crippen molar-refractivity contribution in [3.05, 3.63) is 16.3 Å². The fourth-order valence-electron chi connectivity index (χ4n) is 1.67. The molecule has 0 aliphatic carbocycles. The van der Waals surface area contributed by atoms with E-state index in [0.29, 0.717) is 18.3 Å². The molecule has 2 atom stereocenters. The molecule has 1 saturated heterocycles. The molecule has 1 aliphatic rings. The van der Waals surface area contributed by atoms with Crippen LogP contribution in [0.15, 0.2) is 6.20 Å². The lowest BCUT2D eigenvalue weighted by Gasteiger charge is -2.37. The molecule has 1 aromatic rings. The van der Waals surface area contributed by atoms with Crippen molar-refractivity contribution in [2.24, 2.45) is 0 Å². The highest BCUT2D eigenvalue weighted by Gasteiger charge is 2.28. The molecule has 0 amide bonds. The van der Waals surface area contributed by atoms with Crippen molar-refractivity contribution in [3.63, 3.8) is 0 Å². The van der Waals surface area contributed by atoms with Crippen molar-refractivity contribution >= 4 is 21.5 Å². The summed E-state index contributed by atoms with van der Waals surface area (Å²) in [5, 5.41) is 20.3. The second-order valence-electron chi connectivity index (χ2n) is 3.88. The number of nitro groups is 1. The standard InChI is InChI=1S/C9H13N3O4S/c1-6-5-16-7(4-13)3-11(6)9-10-2-8(17-9)12(14)15/h2,6-7,13H,3-5H2,1H3. The van der Waals surface area contributed by atoms with Crippen LogP contribution in [0.3, 0.4) is 0 Å². The van der Waals surface area contributed by atoms with Crippen LogP contribution in [0.4, 0.5) is 10.1 Å². The molecule has 1 aromatic heterocycles. The van der Waals surface area contributed by atoms with Gasteiger partial charge >= 0.3 is 5.00 Å². The Balaban J connectivity index is 2.15. The summed E-state index contributed by atoms with van der Waals surface area (Å²) in [7, 11) is 0. The quantitative estimate of drug-likeness (QED) is 0.633. The lowest BCUT2D eigenvalue weighted by molar-refractivity contribution is -0.380. The molecule has 1 fully saturated rings. The highest BCUT2D eigenvalue weighted by Crippen LogP contribution is 2.30. The number of hydrogen-bond donors (Lipinski definition) is 1. The first-order valence-corrected chi connectivity index (χ1v) is 6.02. The minimum atomic E-state index is -0.449. The smallest absolute Gasteiger partial charge is 0.345 e. The number of aliphatic hydroxyl groups is 1. The number of aliphatic hydroxyl groups excluding tert-OH is 1. The lowest BCUT2D eigenvalue weighted by atomic mass is 10.2. The van der Waals surface area contributed by atoms with Crippen molar-refractivity contribution in [1.82, 2.24) is 4.98 Å². The molecule has 1 N–H and O–H groups in total. The maximum Gasteiger partial charge on any atom is 0.345 e. The van der Waals surface area contributed by atoms with E-state index in [1.165, 1.54) is 6.20 Å². The molecule has 0 aromatic carbocycles. The normalized spacial score (nSPS) is 24.9. The first-order valence-electron chi connectivity index (χ1n) is 5.21. The molecule has 8 heteroatoms. The number of anilines is 1. The highest BCUT2D eigenvalue weighted by molar-refractivity contribution is 7.18. The predicted octanol–water partition coefficient (Wildman–Crippen LogP) is 0.637. The molecular weight excluding hydrogens is 246 g/mol. The number of aromatic nitrogens is 1. The molecule has 17 heavy (non-hydrogen) atoms. The molecule has 94 valence electrons. The molecule has 7 nitrogen and oxygen atoms in total. The molecule has 1 aliphatic heterocycles. The van der Waals surface area contributed by atoms with Gasteiger partial charge in [0.1, 0.15) is 6.20 Å². The van der Waals surface area contributed by atoms with Gasteiger partial charge in [-0.25, -0.2) is 4.98 Å². The van der Waals surface area contributed by atoms with E-state index in [-0.39, 0.29) is 23.8 Å². The fraction of sp³-hybridized carbons (Fsp3) is 0.667. The average molecular weight is 259 g/mol. The van der Waals surface area contributed by atoms with Gasteiger partial charge in [-0.15, -0.1) is 0 Å². The Morgan fingerprint density at radius 3 is 3.18 bits per heavy atom. The van der Waals surface area contributed by atoms with Crippen LogP contribution in [-0.2, 0) is 4.74 Å². The van der Waals surface area contributed by atoms with E-state index < -0.39 is 4.92 Å². The summed E-state index contributed by atoms with van der Waals surface area (Å²) >= 11 is 1.04. The van der Waals surface area contributed by atoms with Gasteiger partial charge < -0.3 is 14.7 Å². The minimum absolute atomic E-state index is 0.0271. The third-order valence-corrected chi connectivity index (χ3v) is 3.60. The molecular formula is C9H13N3O4S. The van der Waals surface area contributed by atoms with E-state index in [2.05, 4.69) is 4.98 Å². The van der Waals surface area contributed by atoms with Crippen LogP contribution in [0.2, 0.25) is 0 Å². The number of rotatable bonds is 3. The van der Waals surface area contributed by atoms with E-state index >= 15 is 0 Å². The van der Waals surface area contributed by atoms with E-state index in [1.807, 2.05) is 11.8 Å². The van der Waals surface area contributed by atoms with Crippen LogP contribution in [0.25, 0.3) is 0 Å². The van der Waals surface area contributed by atoms with Gasteiger partial charge in [0, 0.05) is 6.54 Å². The number of hydrogen-bond acceptors (Lipinski definition) is 7. The summed E-state index contributed by atoms with van der Waals surface area (Å²) in [6.45, 7) is 2.89. The third-order valence-electron chi connectivity index (χ3n) is 2.62. The van der Waals surface area contributed by atoms with E-state index in [0.717, 1.165) is 11.3 Å². The second-order valence-corrected chi connectivity index (χ2v) is 4.87. The fourth-order valence-corrected chi connectivity index (χ4v) is 2.51. The Morgan fingerprint density at radius 1 is 1.82 bits per heavy atom. The Kier molecular flexibility index (Phi) is 3.55. The van der Waals surface area contributed by atoms with Gasteiger partial charge in [-0.05, 0) is 18.3 Å². The topological polar surface area (TPSA) is 88.7 Å².